The Bertz CT molecular complexity index is 1340. The first-order valence-electron chi connectivity index (χ1n) is 17.4. The Morgan fingerprint density at radius 3 is 2.37 bits per heavy atom. The highest BCUT2D eigenvalue weighted by Crippen LogP contribution is 2.42. The molecule has 5 rings (SSSR count). The summed E-state index contributed by atoms with van der Waals surface area (Å²) < 4.78 is 6.16. The summed E-state index contributed by atoms with van der Waals surface area (Å²) in [4.78, 5) is 23.5. The van der Waals surface area contributed by atoms with Gasteiger partial charge in [0.25, 0.3) is 0 Å². The summed E-state index contributed by atoms with van der Waals surface area (Å²) in [5.41, 5.74) is 1.73. The van der Waals surface area contributed by atoms with Crippen molar-refractivity contribution in [3.63, 3.8) is 0 Å². The van der Waals surface area contributed by atoms with Crippen molar-refractivity contribution in [1.82, 2.24) is 25.4 Å². The number of amides is 1. The largest absolute Gasteiger partial charge is 0.493 e. The highest BCUT2D eigenvalue weighted by molar-refractivity contribution is 7.80. The number of ether oxygens (including phenoxy) is 1. The molecule has 8 heteroatoms. The van der Waals surface area contributed by atoms with Gasteiger partial charge in [0.1, 0.15) is 11.8 Å². The van der Waals surface area contributed by atoms with Crippen LogP contribution in [0.2, 0.25) is 0 Å². The lowest BCUT2D eigenvalue weighted by Gasteiger charge is -2.52. The van der Waals surface area contributed by atoms with Gasteiger partial charge in [-0.1, -0.05) is 68.4 Å². The summed E-state index contributed by atoms with van der Waals surface area (Å²) in [6, 6.07) is 7.99. The van der Waals surface area contributed by atoms with Crippen molar-refractivity contribution in [1.29, 1.82) is 0 Å². The normalized spacial score (nSPS) is 22.6. The van der Waals surface area contributed by atoms with Gasteiger partial charge in [-0.2, -0.15) is 0 Å². The van der Waals surface area contributed by atoms with Gasteiger partial charge in [0.2, 0.25) is 5.91 Å². The molecule has 3 saturated heterocycles. The van der Waals surface area contributed by atoms with E-state index in [1.54, 1.807) is 0 Å². The van der Waals surface area contributed by atoms with E-state index in [-0.39, 0.29) is 23.4 Å². The highest BCUT2D eigenvalue weighted by Gasteiger charge is 2.43. The molecular formula is C38H59N5O2S. The van der Waals surface area contributed by atoms with E-state index >= 15 is 0 Å². The topological polar surface area (TPSA) is 69.7 Å². The molecule has 4 heterocycles. The second kappa shape index (κ2) is 15.5. The van der Waals surface area contributed by atoms with E-state index < -0.39 is 6.04 Å². The predicted octanol–water partition coefficient (Wildman–Crippen LogP) is 7.23. The first-order valence-corrected chi connectivity index (χ1v) is 17.8. The Morgan fingerprint density at radius 2 is 1.80 bits per heavy atom. The zero-order valence-electron chi connectivity index (χ0n) is 29.8. The fraction of sp³-hybridized carbons (Fsp3) is 0.658. The average Bonchev–Trinajstić information content (AvgIpc) is 2.99. The van der Waals surface area contributed by atoms with Crippen LogP contribution in [-0.2, 0) is 4.79 Å². The standard InChI is InChI=1S/C38H59N5O2S/c1-11-27-22-42-17-15-28(27)18-33(42)34(30-14-16-39-32-13-12-29(19-31(30)32)45-23-26(6)7)40-37(46)41-35(38(8,9)10)36(44)43(20-24(2)3)21-25(4)5/h11-14,16,19,24-28,33-35H,1,15,17-18,20-23H2,2-10H3,(H2,40,41,46)/t27?,28?,33?,34-,35+/m0/s1. The molecular weight excluding hydrogens is 591 g/mol. The number of pyridine rings is 1. The molecule has 254 valence electrons. The molecule has 0 radical (unpaired) electrons. The first-order chi connectivity index (χ1) is 21.7. The van der Waals surface area contributed by atoms with Crippen LogP contribution in [0.25, 0.3) is 10.9 Å². The Kier molecular flexibility index (Phi) is 12.1. The summed E-state index contributed by atoms with van der Waals surface area (Å²) in [5, 5.41) is 8.88. The molecule has 3 fully saturated rings. The van der Waals surface area contributed by atoms with Gasteiger partial charge < -0.3 is 20.3 Å². The molecule has 6 atom stereocenters. The van der Waals surface area contributed by atoms with Crippen molar-refractivity contribution >= 4 is 34.1 Å². The van der Waals surface area contributed by atoms with Crippen LogP contribution in [0.15, 0.2) is 43.1 Å². The van der Waals surface area contributed by atoms with Gasteiger partial charge in [0.05, 0.1) is 18.2 Å². The number of fused-ring (bicyclic) bond motifs is 4. The number of rotatable bonds is 13. The second-order valence-corrected chi connectivity index (χ2v) is 16.4. The number of carbonyl (C=O) groups is 1. The summed E-state index contributed by atoms with van der Waals surface area (Å²) in [6.07, 6.45) is 6.29. The summed E-state index contributed by atoms with van der Waals surface area (Å²) in [7, 11) is 0. The maximum atomic E-state index is 14.2. The SMILES string of the molecule is C=CC1CN2CCC1CC2[C@@H](NC(=S)N[C@H](C(=O)N(CC(C)C)CC(C)C)C(C)(C)C)c1ccnc2ccc(OCC(C)C)cc12. The average molecular weight is 650 g/mol. The van der Waals surface area contributed by atoms with Crippen LogP contribution < -0.4 is 15.4 Å². The van der Waals surface area contributed by atoms with Gasteiger partial charge in [-0.3, -0.25) is 14.7 Å². The van der Waals surface area contributed by atoms with E-state index in [0.717, 1.165) is 54.8 Å². The van der Waals surface area contributed by atoms with Crippen molar-refractivity contribution < 1.29 is 9.53 Å². The lowest BCUT2D eigenvalue weighted by Crippen LogP contribution is -2.60. The van der Waals surface area contributed by atoms with Crippen LogP contribution in [0.4, 0.5) is 0 Å². The molecule has 0 spiro atoms. The minimum Gasteiger partial charge on any atom is -0.493 e. The maximum absolute atomic E-state index is 14.2. The van der Waals surface area contributed by atoms with Crippen LogP contribution in [0.5, 0.6) is 5.75 Å². The van der Waals surface area contributed by atoms with Gasteiger partial charge in [0.15, 0.2) is 5.11 Å². The number of carbonyl (C=O) groups excluding carboxylic acids is 1. The van der Waals surface area contributed by atoms with Gasteiger partial charge in [-0.05, 0) is 96.4 Å². The molecule has 46 heavy (non-hydrogen) atoms. The molecule has 2 bridgehead atoms. The van der Waals surface area contributed by atoms with Crippen molar-refractivity contribution in [3.8, 4) is 5.75 Å². The van der Waals surface area contributed by atoms with Crippen LogP contribution in [-0.4, -0.2) is 70.7 Å². The lowest BCUT2D eigenvalue weighted by molar-refractivity contribution is -0.136. The number of piperidine rings is 3. The third kappa shape index (κ3) is 9.00. The molecule has 2 N–H and O–H groups in total. The number of benzene rings is 1. The van der Waals surface area contributed by atoms with Crippen LogP contribution in [0.3, 0.4) is 0 Å². The summed E-state index contributed by atoms with van der Waals surface area (Å²) in [6.45, 7) is 27.6. The molecule has 0 saturated carbocycles. The third-order valence-corrected chi connectivity index (χ3v) is 9.60. The quantitative estimate of drug-likeness (QED) is 0.175. The summed E-state index contributed by atoms with van der Waals surface area (Å²) >= 11 is 6.11. The maximum Gasteiger partial charge on any atom is 0.245 e. The molecule has 0 aliphatic carbocycles. The Morgan fingerprint density at radius 1 is 1.11 bits per heavy atom. The van der Waals surface area contributed by atoms with Crippen LogP contribution in [0, 0.1) is 35.0 Å². The molecule has 4 unspecified atom stereocenters. The molecule has 7 nitrogen and oxygen atoms in total. The van der Waals surface area contributed by atoms with Gasteiger partial charge in [-0.25, -0.2) is 0 Å². The number of hydrogen-bond acceptors (Lipinski definition) is 5. The minimum absolute atomic E-state index is 0.0995. The predicted molar refractivity (Wildman–Crippen MR) is 195 cm³/mol. The van der Waals surface area contributed by atoms with E-state index in [1.807, 2.05) is 17.2 Å². The van der Waals surface area contributed by atoms with Crippen LogP contribution in [0.1, 0.15) is 86.8 Å². The van der Waals surface area contributed by atoms with E-state index in [0.29, 0.717) is 41.3 Å². The Balaban J connectivity index is 1.69. The molecule has 1 amide bonds. The van der Waals surface area contributed by atoms with E-state index in [2.05, 4.69) is 109 Å². The zero-order valence-corrected chi connectivity index (χ0v) is 30.6. The Hall–Kier alpha value is -2.71. The smallest absolute Gasteiger partial charge is 0.245 e. The molecule has 2 aromatic rings. The molecule has 1 aromatic heterocycles. The van der Waals surface area contributed by atoms with Gasteiger partial charge >= 0.3 is 0 Å². The summed E-state index contributed by atoms with van der Waals surface area (Å²) in [5.74, 6) is 3.25. The van der Waals surface area contributed by atoms with Crippen molar-refractivity contribution in [3.05, 3.63) is 48.7 Å². The fourth-order valence-electron chi connectivity index (χ4n) is 7.16. The number of nitrogens with zero attached hydrogens (tertiary/aromatic N) is 3. The number of nitrogens with one attached hydrogen (secondary N) is 2. The number of thiocarbonyl (C=S) groups is 1. The van der Waals surface area contributed by atoms with E-state index in [9.17, 15) is 4.79 Å². The minimum atomic E-state index is -0.468. The number of hydrogen-bond donors (Lipinski definition) is 2. The third-order valence-electron chi connectivity index (χ3n) is 9.36. The van der Waals surface area contributed by atoms with Gasteiger partial charge in [-0.15, -0.1) is 6.58 Å². The first kappa shape index (κ1) is 36.1. The van der Waals surface area contributed by atoms with Crippen molar-refractivity contribution in [2.24, 2.45) is 35.0 Å². The molecule has 1 aromatic carbocycles. The fourth-order valence-corrected chi connectivity index (χ4v) is 7.40. The van der Waals surface area contributed by atoms with Crippen molar-refractivity contribution in [2.45, 2.75) is 93.3 Å². The zero-order chi connectivity index (χ0) is 33.8. The second-order valence-electron chi connectivity index (χ2n) is 16.0. The molecule has 3 aliphatic heterocycles. The van der Waals surface area contributed by atoms with E-state index in [4.69, 9.17) is 21.9 Å². The molecule has 3 aliphatic rings. The monoisotopic (exact) mass is 649 g/mol. The van der Waals surface area contributed by atoms with Crippen molar-refractivity contribution in [2.75, 3.05) is 32.8 Å². The van der Waals surface area contributed by atoms with Gasteiger partial charge in [0, 0.05) is 37.3 Å². The lowest BCUT2D eigenvalue weighted by atomic mass is 9.73. The van der Waals surface area contributed by atoms with E-state index in [1.165, 1.54) is 6.42 Å². The number of aromatic nitrogens is 1. The van der Waals surface area contributed by atoms with Crippen LogP contribution >= 0.6 is 12.2 Å². The highest BCUT2D eigenvalue weighted by atomic mass is 32.1. The Labute approximate surface area is 283 Å².